The van der Waals surface area contributed by atoms with Gasteiger partial charge in [-0.05, 0) is 70.8 Å². The summed E-state index contributed by atoms with van der Waals surface area (Å²) in [5, 5.41) is 1.91. The Bertz CT molecular complexity index is 3260. The molecule has 0 amide bonds. The lowest BCUT2D eigenvalue weighted by molar-refractivity contribution is 0.669. The average molecular weight is 743 g/mol. The van der Waals surface area contributed by atoms with Crippen LogP contribution in [0.4, 0.5) is 0 Å². The molecule has 0 saturated carbocycles. The van der Waals surface area contributed by atoms with Crippen molar-refractivity contribution in [1.29, 1.82) is 0 Å². The molecule has 0 atom stereocenters. The minimum atomic E-state index is 0.615. The summed E-state index contributed by atoms with van der Waals surface area (Å²) in [4.78, 5) is 16.0. The van der Waals surface area contributed by atoms with Crippen molar-refractivity contribution in [2.75, 3.05) is 0 Å². The van der Waals surface area contributed by atoms with Crippen molar-refractivity contribution < 1.29 is 4.42 Å². The van der Waals surface area contributed by atoms with Crippen LogP contribution in [0.3, 0.4) is 0 Å². The van der Waals surface area contributed by atoms with E-state index in [-0.39, 0.29) is 0 Å². The van der Waals surface area contributed by atoms with Crippen LogP contribution in [0.25, 0.3) is 106 Å². The van der Waals surface area contributed by atoms with Gasteiger partial charge in [0.1, 0.15) is 17.0 Å². The molecule has 5 heteroatoms. The number of hydrogen-bond donors (Lipinski definition) is 0. The van der Waals surface area contributed by atoms with Crippen LogP contribution in [-0.2, 0) is 0 Å². The first-order valence-electron chi connectivity index (χ1n) is 19.4. The maximum absolute atomic E-state index is 6.65. The highest BCUT2D eigenvalue weighted by Crippen LogP contribution is 2.43. The first-order chi connectivity index (χ1) is 28.7. The molecule has 0 radical (unpaired) electrons. The predicted octanol–water partition coefficient (Wildman–Crippen LogP) is 13.7. The summed E-state index contributed by atoms with van der Waals surface area (Å²) in [7, 11) is 0. The largest absolute Gasteiger partial charge is 0.456 e. The molecule has 272 valence electrons. The molecule has 0 aliphatic carbocycles. The summed E-state index contributed by atoms with van der Waals surface area (Å²) in [6, 6.07) is 71.3. The van der Waals surface area contributed by atoms with E-state index in [9.17, 15) is 0 Å². The molecule has 3 aromatic heterocycles. The molecule has 0 aliphatic rings. The van der Waals surface area contributed by atoms with Crippen LogP contribution in [0, 0.1) is 0 Å². The number of furan rings is 1. The highest BCUT2D eigenvalue weighted by Gasteiger charge is 2.23. The third kappa shape index (κ3) is 5.85. The van der Waals surface area contributed by atoms with E-state index in [0.29, 0.717) is 5.82 Å². The zero-order valence-electron chi connectivity index (χ0n) is 31.3. The van der Waals surface area contributed by atoms with Gasteiger partial charge in [-0.25, -0.2) is 15.0 Å². The zero-order valence-corrected chi connectivity index (χ0v) is 31.3. The minimum absolute atomic E-state index is 0.615. The molecule has 0 saturated heterocycles. The van der Waals surface area contributed by atoms with Crippen LogP contribution in [0.1, 0.15) is 0 Å². The van der Waals surface area contributed by atoms with E-state index >= 15 is 0 Å². The summed E-state index contributed by atoms with van der Waals surface area (Å²) in [5.41, 5.74) is 14.7. The third-order valence-corrected chi connectivity index (χ3v) is 10.9. The number of imidazole rings is 1. The zero-order chi connectivity index (χ0) is 38.4. The van der Waals surface area contributed by atoms with Crippen molar-refractivity contribution in [3.05, 3.63) is 206 Å². The highest BCUT2D eigenvalue weighted by molar-refractivity contribution is 6.17. The second-order valence-electron chi connectivity index (χ2n) is 14.4. The Balaban J connectivity index is 1.14. The van der Waals surface area contributed by atoms with Gasteiger partial charge in [-0.15, -0.1) is 0 Å². The molecule has 8 aromatic carbocycles. The van der Waals surface area contributed by atoms with Gasteiger partial charge in [0, 0.05) is 38.7 Å². The Labute approximate surface area is 335 Å². The Morgan fingerprint density at radius 1 is 0.362 bits per heavy atom. The maximum Gasteiger partial charge on any atom is 0.161 e. The van der Waals surface area contributed by atoms with Crippen LogP contribution in [0.15, 0.2) is 211 Å². The van der Waals surface area contributed by atoms with Gasteiger partial charge in [0.05, 0.1) is 22.4 Å². The number of nitrogens with zero attached hydrogens (tertiary/aromatic N) is 4. The molecule has 3 heterocycles. The van der Waals surface area contributed by atoms with Crippen molar-refractivity contribution in [2.24, 2.45) is 0 Å². The van der Waals surface area contributed by atoms with E-state index in [0.717, 1.165) is 94.8 Å². The fraction of sp³-hybridized carbons (Fsp3) is 0. The minimum Gasteiger partial charge on any atom is -0.456 e. The van der Waals surface area contributed by atoms with Gasteiger partial charge in [-0.3, -0.25) is 4.57 Å². The monoisotopic (exact) mass is 742 g/mol. The summed E-state index contributed by atoms with van der Waals surface area (Å²) in [5.74, 6) is 1.45. The fourth-order valence-corrected chi connectivity index (χ4v) is 8.10. The Hall–Kier alpha value is -7.89. The number of rotatable bonds is 7. The van der Waals surface area contributed by atoms with Crippen LogP contribution >= 0.6 is 0 Å². The number of benzene rings is 8. The van der Waals surface area contributed by atoms with Gasteiger partial charge in [-0.1, -0.05) is 158 Å². The molecule has 0 bridgehead atoms. The average Bonchev–Trinajstić information content (AvgIpc) is 3.89. The van der Waals surface area contributed by atoms with E-state index in [4.69, 9.17) is 19.4 Å². The smallest absolute Gasteiger partial charge is 0.161 e. The molecule has 58 heavy (non-hydrogen) atoms. The van der Waals surface area contributed by atoms with Crippen molar-refractivity contribution in [3.8, 4) is 73.2 Å². The van der Waals surface area contributed by atoms with Gasteiger partial charge in [0.2, 0.25) is 0 Å². The molecule has 0 aliphatic heterocycles. The van der Waals surface area contributed by atoms with Gasteiger partial charge in [0.25, 0.3) is 0 Å². The summed E-state index contributed by atoms with van der Waals surface area (Å²) in [6.07, 6.45) is 0. The Kier molecular flexibility index (Phi) is 8.07. The topological polar surface area (TPSA) is 56.7 Å². The fourth-order valence-electron chi connectivity index (χ4n) is 8.10. The molecule has 5 nitrogen and oxygen atoms in total. The Morgan fingerprint density at radius 2 is 0.879 bits per heavy atom. The number of aromatic nitrogens is 4. The van der Waals surface area contributed by atoms with Crippen molar-refractivity contribution in [3.63, 3.8) is 0 Å². The lowest BCUT2D eigenvalue weighted by Gasteiger charge is -2.13. The standard InChI is InChI=1S/C53H34N4O/c1-4-15-35(16-5-1)37-29-31-38(32-30-37)45-34-46(40-20-12-19-39(33-40)36-17-6-2-7-18-36)55-52(54-45)42-23-13-27-48-50(42)51-43(24-14-28-49(51)58-48)53-56-44-25-10-11-26-47(44)57(53)41-21-8-3-9-22-41/h1-34H. The maximum atomic E-state index is 6.65. The first kappa shape index (κ1) is 33.4. The molecule has 11 rings (SSSR count). The number of para-hydroxylation sites is 3. The van der Waals surface area contributed by atoms with E-state index in [2.05, 4.69) is 162 Å². The van der Waals surface area contributed by atoms with Crippen LogP contribution < -0.4 is 0 Å². The molecule has 0 spiro atoms. The van der Waals surface area contributed by atoms with E-state index in [1.165, 1.54) is 5.56 Å². The van der Waals surface area contributed by atoms with E-state index in [1.807, 2.05) is 48.5 Å². The summed E-state index contributed by atoms with van der Waals surface area (Å²) < 4.78 is 8.89. The van der Waals surface area contributed by atoms with Gasteiger partial charge >= 0.3 is 0 Å². The van der Waals surface area contributed by atoms with Crippen LogP contribution in [0.2, 0.25) is 0 Å². The van der Waals surface area contributed by atoms with Gasteiger partial charge in [-0.2, -0.15) is 0 Å². The number of hydrogen-bond acceptors (Lipinski definition) is 4. The molecule has 0 fully saturated rings. The first-order valence-corrected chi connectivity index (χ1v) is 19.4. The number of fused-ring (bicyclic) bond motifs is 4. The second kappa shape index (κ2) is 14.0. The summed E-state index contributed by atoms with van der Waals surface area (Å²) in [6.45, 7) is 0. The highest BCUT2D eigenvalue weighted by atomic mass is 16.3. The van der Waals surface area contributed by atoms with Crippen molar-refractivity contribution >= 4 is 33.0 Å². The van der Waals surface area contributed by atoms with E-state index in [1.54, 1.807) is 0 Å². The second-order valence-corrected chi connectivity index (χ2v) is 14.4. The molecular formula is C53H34N4O. The van der Waals surface area contributed by atoms with Crippen LogP contribution in [0.5, 0.6) is 0 Å². The SMILES string of the molecule is c1ccc(-c2ccc(-c3cc(-c4cccc(-c5ccccc5)c4)nc(-c4cccc5oc6cccc(-c7nc8ccccc8n7-c7ccccc7)c6c45)n3)cc2)cc1. The molecular weight excluding hydrogens is 709 g/mol. The quantitative estimate of drug-likeness (QED) is 0.163. The van der Waals surface area contributed by atoms with Crippen molar-refractivity contribution in [1.82, 2.24) is 19.5 Å². The lowest BCUT2D eigenvalue weighted by atomic mass is 9.98. The van der Waals surface area contributed by atoms with E-state index < -0.39 is 0 Å². The molecule has 0 N–H and O–H groups in total. The van der Waals surface area contributed by atoms with Gasteiger partial charge in [0.15, 0.2) is 5.82 Å². The third-order valence-electron chi connectivity index (χ3n) is 10.9. The normalized spacial score (nSPS) is 11.4. The Morgan fingerprint density at radius 3 is 1.60 bits per heavy atom. The molecule has 0 unspecified atom stereocenters. The van der Waals surface area contributed by atoms with Gasteiger partial charge < -0.3 is 4.42 Å². The van der Waals surface area contributed by atoms with Crippen LogP contribution in [-0.4, -0.2) is 19.5 Å². The van der Waals surface area contributed by atoms with Crippen molar-refractivity contribution in [2.45, 2.75) is 0 Å². The molecule has 11 aromatic rings. The predicted molar refractivity (Wildman–Crippen MR) is 237 cm³/mol. The summed E-state index contributed by atoms with van der Waals surface area (Å²) >= 11 is 0. The lowest BCUT2D eigenvalue weighted by Crippen LogP contribution is -1.98.